The Balaban J connectivity index is 1.27. The number of fused-ring (bicyclic) bond motifs is 1. The monoisotopic (exact) mass is 542 g/mol. The first-order valence-corrected chi connectivity index (χ1v) is 13.4. The number of aromatic nitrogens is 1. The summed E-state index contributed by atoms with van der Waals surface area (Å²) in [6.07, 6.45) is 1.65. The van der Waals surface area contributed by atoms with E-state index in [9.17, 15) is 9.59 Å². The molecule has 208 valence electrons. The van der Waals surface area contributed by atoms with Crippen LogP contribution in [0.1, 0.15) is 34.3 Å². The van der Waals surface area contributed by atoms with E-state index in [1.54, 1.807) is 24.3 Å². The van der Waals surface area contributed by atoms with Gasteiger partial charge in [-0.3, -0.25) is 9.69 Å². The van der Waals surface area contributed by atoms with Crippen LogP contribution < -0.4 is 10.1 Å². The van der Waals surface area contributed by atoms with Gasteiger partial charge in [0.15, 0.2) is 11.8 Å². The van der Waals surface area contributed by atoms with Gasteiger partial charge in [0.25, 0.3) is 6.01 Å². The number of hydrogen-bond acceptors (Lipinski definition) is 8. The van der Waals surface area contributed by atoms with Crippen LogP contribution in [0.15, 0.2) is 71.1 Å². The van der Waals surface area contributed by atoms with Gasteiger partial charge in [0.2, 0.25) is 5.91 Å². The van der Waals surface area contributed by atoms with Crippen molar-refractivity contribution in [1.82, 2.24) is 14.8 Å². The molecule has 40 heavy (non-hydrogen) atoms. The van der Waals surface area contributed by atoms with Crippen molar-refractivity contribution in [2.24, 2.45) is 0 Å². The predicted molar refractivity (Wildman–Crippen MR) is 153 cm³/mol. The van der Waals surface area contributed by atoms with E-state index >= 15 is 0 Å². The molecule has 9 heteroatoms. The van der Waals surface area contributed by atoms with Gasteiger partial charge in [-0.15, -0.1) is 0 Å². The Kier molecular flexibility index (Phi) is 8.02. The maximum Gasteiger partial charge on any atom is 0.337 e. The summed E-state index contributed by atoms with van der Waals surface area (Å²) in [7, 11) is 5.23. The molecule has 1 aliphatic heterocycles. The number of esters is 1. The molecule has 1 saturated heterocycles. The molecule has 0 bridgehead atoms. The number of nitrogens with zero attached hydrogens (tertiary/aromatic N) is 3. The fourth-order valence-electron chi connectivity index (χ4n) is 5.09. The van der Waals surface area contributed by atoms with Crippen molar-refractivity contribution in [1.29, 1.82) is 0 Å². The van der Waals surface area contributed by atoms with E-state index < -0.39 is 5.97 Å². The van der Waals surface area contributed by atoms with Gasteiger partial charge >= 0.3 is 5.97 Å². The fourth-order valence-corrected chi connectivity index (χ4v) is 5.09. The summed E-state index contributed by atoms with van der Waals surface area (Å²) in [5.41, 5.74) is 4.70. The van der Waals surface area contributed by atoms with Crippen molar-refractivity contribution < 1.29 is 23.5 Å². The average molecular weight is 543 g/mol. The number of amides is 1. The number of hydrogen-bond donors (Lipinski definition) is 1. The molecule has 3 aromatic carbocycles. The van der Waals surface area contributed by atoms with Crippen LogP contribution in [0.4, 0.5) is 11.7 Å². The number of carbonyl (C=O) groups excluding carboxylic acids is 2. The molecule has 1 fully saturated rings. The van der Waals surface area contributed by atoms with Crippen LogP contribution in [0.5, 0.6) is 5.75 Å². The van der Waals surface area contributed by atoms with Crippen LogP contribution in [0.2, 0.25) is 0 Å². The number of anilines is 2. The molecule has 4 aromatic rings. The number of rotatable bonds is 9. The Morgan fingerprint density at radius 1 is 1.12 bits per heavy atom. The third kappa shape index (κ3) is 5.94. The topological polar surface area (TPSA) is 97.1 Å². The number of carbonyl (C=O) groups is 2. The summed E-state index contributed by atoms with van der Waals surface area (Å²) in [6, 6.07) is 20.8. The van der Waals surface area contributed by atoms with E-state index in [4.69, 9.17) is 13.9 Å². The number of likely N-dealkylation sites (N-methyl/N-ethyl adjacent to an activating group) is 1. The third-order valence-corrected chi connectivity index (χ3v) is 7.18. The van der Waals surface area contributed by atoms with Crippen LogP contribution in [-0.4, -0.2) is 66.7 Å². The summed E-state index contributed by atoms with van der Waals surface area (Å²) < 4.78 is 17.1. The lowest BCUT2D eigenvalue weighted by molar-refractivity contribution is -0.135. The first-order valence-electron chi connectivity index (χ1n) is 13.4. The van der Waals surface area contributed by atoms with E-state index in [0.717, 1.165) is 35.2 Å². The molecule has 1 N–H and O–H groups in total. The Labute approximate surface area is 233 Å². The molecular formula is C31H34N4O5. The number of nitrogens with one attached hydrogen (secondary N) is 1. The lowest BCUT2D eigenvalue weighted by atomic mass is 10.1. The van der Waals surface area contributed by atoms with E-state index in [2.05, 4.69) is 10.3 Å². The predicted octanol–water partition coefficient (Wildman–Crippen LogP) is 5.17. The van der Waals surface area contributed by atoms with Crippen LogP contribution >= 0.6 is 0 Å². The van der Waals surface area contributed by atoms with Gasteiger partial charge in [0.05, 0.1) is 25.1 Å². The zero-order chi connectivity index (χ0) is 28.2. The maximum atomic E-state index is 13.5. The summed E-state index contributed by atoms with van der Waals surface area (Å²) in [5.74, 6) is 0.262. The molecule has 0 saturated carbocycles. The zero-order valence-corrected chi connectivity index (χ0v) is 23.2. The van der Waals surface area contributed by atoms with Gasteiger partial charge in [0.1, 0.15) is 11.3 Å². The summed E-state index contributed by atoms with van der Waals surface area (Å²) in [4.78, 5) is 33.7. The largest absolute Gasteiger partial charge is 0.473 e. The van der Waals surface area contributed by atoms with Gasteiger partial charge in [-0.1, -0.05) is 24.3 Å². The molecule has 1 aliphatic rings. The summed E-state index contributed by atoms with van der Waals surface area (Å²) in [5, 5.41) is 3.23. The van der Waals surface area contributed by atoms with Crippen molar-refractivity contribution in [3.8, 4) is 5.75 Å². The molecular weight excluding hydrogens is 508 g/mol. The van der Waals surface area contributed by atoms with Crippen molar-refractivity contribution in [2.75, 3.05) is 33.1 Å². The van der Waals surface area contributed by atoms with Gasteiger partial charge in [-0.25, -0.2) is 4.79 Å². The van der Waals surface area contributed by atoms with Crippen LogP contribution in [0.25, 0.3) is 11.1 Å². The van der Waals surface area contributed by atoms with Crippen molar-refractivity contribution in [3.63, 3.8) is 0 Å². The van der Waals surface area contributed by atoms with Gasteiger partial charge in [-0.2, -0.15) is 4.98 Å². The highest BCUT2D eigenvalue weighted by Crippen LogP contribution is 2.28. The minimum absolute atomic E-state index is 0.0381. The minimum Gasteiger partial charge on any atom is -0.473 e. The molecule has 0 aliphatic carbocycles. The Morgan fingerprint density at radius 2 is 1.90 bits per heavy atom. The Bertz CT molecular complexity index is 1500. The number of para-hydroxylation sites is 1. The second kappa shape index (κ2) is 11.8. The average Bonchev–Trinajstić information content (AvgIpc) is 3.59. The van der Waals surface area contributed by atoms with E-state index in [0.29, 0.717) is 29.5 Å². The van der Waals surface area contributed by atoms with Crippen LogP contribution in [0, 0.1) is 6.92 Å². The van der Waals surface area contributed by atoms with E-state index in [-0.39, 0.29) is 24.6 Å². The van der Waals surface area contributed by atoms with Gasteiger partial charge in [0, 0.05) is 12.2 Å². The van der Waals surface area contributed by atoms with E-state index in [1.165, 1.54) is 7.11 Å². The minimum atomic E-state index is -0.398. The molecule has 0 spiro atoms. The summed E-state index contributed by atoms with van der Waals surface area (Å²) in [6.45, 7) is 2.69. The second-order valence-electron chi connectivity index (χ2n) is 10.2. The number of oxazole rings is 1. The first kappa shape index (κ1) is 27.2. The number of methoxy groups -OCH3 is 1. The van der Waals surface area contributed by atoms with Crippen molar-refractivity contribution >= 4 is 34.7 Å². The molecule has 5 rings (SSSR count). The maximum absolute atomic E-state index is 13.5. The highest BCUT2D eigenvalue weighted by atomic mass is 16.5. The quantitative estimate of drug-likeness (QED) is 0.229. The second-order valence-corrected chi connectivity index (χ2v) is 10.2. The fraction of sp³-hybridized carbons (Fsp3) is 0.323. The van der Waals surface area contributed by atoms with Crippen molar-refractivity contribution in [3.05, 3.63) is 83.4 Å². The smallest absolute Gasteiger partial charge is 0.337 e. The zero-order valence-electron chi connectivity index (χ0n) is 23.2. The molecule has 1 aromatic heterocycles. The standard InChI is InChI=1S/C31H34N4O5/c1-20-8-5-6-9-24(20)32-31-33-25-16-11-21(18-27(25)40-31)19-28(36)35-17-7-10-26(35)29(34(2)3)39-23-14-12-22(13-15-23)30(37)38-4/h5-6,8-9,11-16,18,26,29H,7,10,17,19H2,1-4H3,(H,32,33)/t26-,29?/m0/s1. The van der Waals surface area contributed by atoms with Gasteiger partial charge in [-0.05, 0) is 87.5 Å². The molecule has 0 radical (unpaired) electrons. The van der Waals surface area contributed by atoms with E-state index in [1.807, 2.05) is 73.3 Å². The molecule has 2 atom stereocenters. The van der Waals surface area contributed by atoms with Gasteiger partial charge < -0.3 is 24.1 Å². The number of aryl methyl sites for hydroxylation is 1. The Hall–Kier alpha value is -4.37. The highest BCUT2D eigenvalue weighted by Gasteiger charge is 2.37. The van der Waals surface area contributed by atoms with Crippen molar-refractivity contribution in [2.45, 2.75) is 38.5 Å². The summed E-state index contributed by atoms with van der Waals surface area (Å²) >= 11 is 0. The molecule has 9 nitrogen and oxygen atoms in total. The normalized spacial score (nSPS) is 15.8. The Morgan fingerprint density at radius 3 is 2.62 bits per heavy atom. The number of benzene rings is 3. The number of likely N-dealkylation sites (tertiary alicyclic amines) is 1. The lowest BCUT2D eigenvalue weighted by Crippen LogP contribution is -2.51. The SMILES string of the molecule is COC(=O)c1ccc(OC([C@@H]2CCCN2C(=O)Cc2ccc3nc(Nc4ccccc4C)oc3c2)N(C)C)cc1. The lowest BCUT2D eigenvalue weighted by Gasteiger charge is -2.35. The van der Waals surface area contributed by atoms with Crippen LogP contribution in [-0.2, 0) is 16.0 Å². The third-order valence-electron chi connectivity index (χ3n) is 7.18. The number of ether oxygens (including phenoxy) is 2. The highest BCUT2D eigenvalue weighted by molar-refractivity contribution is 5.89. The molecule has 1 amide bonds. The van der Waals surface area contributed by atoms with Crippen LogP contribution in [0.3, 0.4) is 0 Å². The molecule has 1 unspecified atom stereocenters. The molecule has 2 heterocycles. The first-order chi connectivity index (χ1) is 19.3.